The Morgan fingerprint density at radius 3 is 2.64 bits per heavy atom. The molecule has 0 bridgehead atoms. The molecule has 72 valence electrons. The molecule has 0 fully saturated rings. The van der Waals surface area contributed by atoms with Gasteiger partial charge in [-0.1, -0.05) is 11.6 Å². The molecule has 1 aromatic carbocycles. The summed E-state index contributed by atoms with van der Waals surface area (Å²) in [4.78, 5) is 4.01. The van der Waals surface area contributed by atoms with Crippen LogP contribution in [0.3, 0.4) is 0 Å². The van der Waals surface area contributed by atoms with Gasteiger partial charge >= 0.3 is 0 Å². The summed E-state index contributed by atoms with van der Waals surface area (Å²) in [6.45, 7) is 0.370. The first-order chi connectivity index (χ1) is 6.81. The molecule has 0 aliphatic carbocycles. The Morgan fingerprint density at radius 2 is 2.00 bits per heavy atom. The van der Waals surface area contributed by atoms with Crippen molar-refractivity contribution in [3.8, 4) is 11.3 Å². The smallest absolute Gasteiger partial charge is 0.181 e. The molecule has 0 unspecified atom stereocenters. The van der Waals surface area contributed by atoms with Crippen molar-refractivity contribution >= 4 is 11.6 Å². The lowest BCUT2D eigenvalue weighted by Crippen LogP contribution is -1.97. The highest BCUT2D eigenvalue weighted by Gasteiger charge is 2.08. The summed E-state index contributed by atoms with van der Waals surface area (Å²) >= 11 is 5.78. The maximum absolute atomic E-state index is 5.78. The largest absolute Gasteiger partial charge is 0.443 e. The van der Waals surface area contributed by atoms with Gasteiger partial charge in [0.2, 0.25) is 0 Å². The number of nitrogens with zero attached hydrogens (tertiary/aromatic N) is 1. The Morgan fingerprint density at radius 1 is 1.29 bits per heavy atom. The Kier molecular flexibility index (Phi) is 2.52. The second kappa shape index (κ2) is 3.82. The highest BCUT2D eigenvalue weighted by Crippen LogP contribution is 2.24. The zero-order valence-corrected chi connectivity index (χ0v) is 8.16. The topological polar surface area (TPSA) is 52.0 Å². The molecule has 0 aliphatic rings. The summed E-state index contributed by atoms with van der Waals surface area (Å²) in [5.41, 5.74) is 7.21. The predicted molar refractivity (Wildman–Crippen MR) is 54.8 cm³/mol. The van der Waals surface area contributed by atoms with Gasteiger partial charge in [0.25, 0.3) is 0 Å². The zero-order chi connectivity index (χ0) is 9.97. The van der Waals surface area contributed by atoms with Crippen molar-refractivity contribution < 1.29 is 4.42 Å². The molecule has 2 rings (SSSR count). The highest BCUT2D eigenvalue weighted by atomic mass is 35.5. The number of hydrogen-bond donors (Lipinski definition) is 1. The fourth-order valence-corrected chi connectivity index (χ4v) is 1.38. The summed E-state index contributed by atoms with van der Waals surface area (Å²) < 4.78 is 5.25. The van der Waals surface area contributed by atoms with Crippen LogP contribution in [0.2, 0.25) is 5.02 Å². The van der Waals surface area contributed by atoms with Crippen LogP contribution < -0.4 is 5.73 Å². The fraction of sp³-hybridized carbons (Fsp3) is 0.100. The van der Waals surface area contributed by atoms with Crippen molar-refractivity contribution in [2.45, 2.75) is 6.54 Å². The molecular formula is C10H9ClN2O. The Hall–Kier alpha value is -1.32. The van der Waals surface area contributed by atoms with Gasteiger partial charge in [0.15, 0.2) is 12.2 Å². The molecule has 4 heteroatoms. The van der Waals surface area contributed by atoms with E-state index in [-0.39, 0.29) is 0 Å². The first-order valence-corrected chi connectivity index (χ1v) is 4.57. The van der Waals surface area contributed by atoms with E-state index >= 15 is 0 Å². The maximum Gasteiger partial charge on any atom is 0.181 e. The molecule has 0 saturated carbocycles. The van der Waals surface area contributed by atoms with Crippen LogP contribution >= 0.6 is 11.6 Å². The van der Waals surface area contributed by atoms with Crippen molar-refractivity contribution in [1.82, 2.24) is 4.98 Å². The quantitative estimate of drug-likeness (QED) is 0.825. The summed E-state index contributed by atoms with van der Waals surface area (Å²) in [6.07, 6.45) is 1.39. The molecule has 1 aromatic heterocycles. The molecule has 3 nitrogen and oxygen atoms in total. The highest BCUT2D eigenvalue weighted by molar-refractivity contribution is 6.30. The van der Waals surface area contributed by atoms with Crippen LogP contribution in [-0.4, -0.2) is 4.98 Å². The van der Waals surface area contributed by atoms with Gasteiger partial charge in [-0.3, -0.25) is 0 Å². The first kappa shape index (κ1) is 9.24. The van der Waals surface area contributed by atoms with Gasteiger partial charge in [0.05, 0.1) is 0 Å². The second-order valence-electron chi connectivity index (χ2n) is 2.84. The number of benzene rings is 1. The van der Waals surface area contributed by atoms with E-state index in [0.717, 1.165) is 11.3 Å². The molecule has 2 N–H and O–H groups in total. The van der Waals surface area contributed by atoms with Crippen LogP contribution in [-0.2, 0) is 6.54 Å². The van der Waals surface area contributed by atoms with E-state index in [4.69, 9.17) is 21.8 Å². The normalized spacial score (nSPS) is 10.4. The van der Waals surface area contributed by atoms with Crippen molar-refractivity contribution in [1.29, 1.82) is 0 Å². The Balaban J connectivity index is 2.44. The van der Waals surface area contributed by atoms with Crippen LogP contribution in [0.25, 0.3) is 11.3 Å². The van der Waals surface area contributed by atoms with Crippen LogP contribution in [0.4, 0.5) is 0 Å². The Bertz CT molecular complexity index is 422. The lowest BCUT2D eigenvalue weighted by Gasteiger charge is -1.98. The average Bonchev–Trinajstić information content (AvgIpc) is 2.67. The molecular weight excluding hydrogens is 200 g/mol. The third kappa shape index (κ3) is 1.64. The number of rotatable bonds is 2. The number of hydrogen-bond acceptors (Lipinski definition) is 3. The molecule has 0 atom stereocenters. The monoisotopic (exact) mass is 208 g/mol. The first-order valence-electron chi connectivity index (χ1n) is 4.19. The van der Waals surface area contributed by atoms with E-state index in [1.165, 1.54) is 6.39 Å². The van der Waals surface area contributed by atoms with Gasteiger partial charge < -0.3 is 10.2 Å². The van der Waals surface area contributed by atoms with Gasteiger partial charge in [-0.15, -0.1) is 0 Å². The van der Waals surface area contributed by atoms with Gasteiger partial charge in [-0.05, 0) is 24.3 Å². The Labute approximate surface area is 86.5 Å². The number of nitrogens with two attached hydrogens (primary N) is 1. The third-order valence-electron chi connectivity index (χ3n) is 1.94. The van der Waals surface area contributed by atoms with E-state index in [0.29, 0.717) is 17.3 Å². The van der Waals surface area contributed by atoms with E-state index in [1.807, 2.05) is 12.1 Å². The minimum atomic E-state index is 0.370. The van der Waals surface area contributed by atoms with Gasteiger partial charge in [-0.2, -0.15) is 0 Å². The van der Waals surface area contributed by atoms with Crippen molar-refractivity contribution in [3.63, 3.8) is 0 Å². The van der Waals surface area contributed by atoms with Crippen LogP contribution in [0.5, 0.6) is 0 Å². The molecule has 0 amide bonds. The molecule has 1 heterocycles. The van der Waals surface area contributed by atoms with Crippen molar-refractivity contribution in [3.05, 3.63) is 41.4 Å². The van der Waals surface area contributed by atoms with E-state index < -0.39 is 0 Å². The molecule has 0 spiro atoms. The fourth-order valence-electron chi connectivity index (χ4n) is 1.25. The van der Waals surface area contributed by atoms with E-state index in [9.17, 15) is 0 Å². The molecule has 0 saturated heterocycles. The van der Waals surface area contributed by atoms with Crippen LogP contribution in [0.1, 0.15) is 5.69 Å². The van der Waals surface area contributed by atoms with Crippen molar-refractivity contribution in [2.75, 3.05) is 0 Å². The minimum Gasteiger partial charge on any atom is -0.443 e. The summed E-state index contributed by atoms with van der Waals surface area (Å²) in [5, 5.41) is 0.697. The molecule has 0 aliphatic heterocycles. The summed E-state index contributed by atoms with van der Waals surface area (Å²) in [6, 6.07) is 7.36. The lowest BCUT2D eigenvalue weighted by molar-refractivity contribution is 0.571. The van der Waals surface area contributed by atoms with Gasteiger partial charge in [0, 0.05) is 17.1 Å². The number of halogens is 1. The van der Waals surface area contributed by atoms with Crippen LogP contribution in [0, 0.1) is 0 Å². The number of aromatic nitrogens is 1. The van der Waals surface area contributed by atoms with Gasteiger partial charge in [0.1, 0.15) is 5.69 Å². The van der Waals surface area contributed by atoms with Crippen LogP contribution in [0.15, 0.2) is 35.1 Å². The standard InChI is InChI=1S/C10H9ClN2O/c11-8-3-1-7(2-4-8)10-9(5-12)13-6-14-10/h1-4,6H,5,12H2. The number of oxazole rings is 1. The second-order valence-corrected chi connectivity index (χ2v) is 3.28. The predicted octanol–water partition coefficient (Wildman–Crippen LogP) is 2.45. The minimum absolute atomic E-state index is 0.370. The van der Waals surface area contributed by atoms with Crippen molar-refractivity contribution in [2.24, 2.45) is 5.73 Å². The molecule has 0 radical (unpaired) electrons. The summed E-state index contributed by atoms with van der Waals surface area (Å²) in [5.74, 6) is 0.712. The molecule has 2 aromatic rings. The molecule has 14 heavy (non-hydrogen) atoms. The summed E-state index contributed by atoms with van der Waals surface area (Å²) in [7, 11) is 0. The maximum atomic E-state index is 5.78. The van der Waals surface area contributed by atoms with E-state index in [1.54, 1.807) is 12.1 Å². The lowest BCUT2D eigenvalue weighted by atomic mass is 10.1. The average molecular weight is 209 g/mol. The van der Waals surface area contributed by atoms with Gasteiger partial charge in [-0.25, -0.2) is 4.98 Å². The zero-order valence-electron chi connectivity index (χ0n) is 7.40. The third-order valence-corrected chi connectivity index (χ3v) is 2.19. The van der Waals surface area contributed by atoms with E-state index in [2.05, 4.69) is 4.98 Å². The SMILES string of the molecule is NCc1ncoc1-c1ccc(Cl)cc1.